The molecule has 0 aromatic heterocycles. The highest BCUT2D eigenvalue weighted by molar-refractivity contribution is 5.37. The maximum absolute atomic E-state index is 5.94. The van der Waals surface area contributed by atoms with Crippen molar-refractivity contribution < 1.29 is 9.47 Å². The molecule has 1 atom stereocenters. The summed E-state index contributed by atoms with van der Waals surface area (Å²) >= 11 is 0. The first kappa shape index (κ1) is 13.3. The van der Waals surface area contributed by atoms with Gasteiger partial charge in [-0.2, -0.15) is 0 Å². The quantitative estimate of drug-likeness (QED) is 0.781. The Labute approximate surface area is 109 Å². The van der Waals surface area contributed by atoms with Crippen molar-refractivity contribution in [3.05, 3.63) is 29.8 Å². The highest BCUT2D eigenvalue weighted by Gasteiger charge is 2.24. The molecule has 18 heavy (non-hydrogen) atoms. The normalized spacial score (nSPS) is 17.8. The van der Waals surface area contributed by atoms with E-state index in [-0.39, 0.29) is 6.10 Å². The molecular formula is C14H22N2O2. The summed E-state index contributed by atoms with van der Waals surface area (Å²) in [4.78, 5) is 2.31. The van der Waals surface area contributed by atoms with E-state index in [0.29, 0.717) is 6.54 Å². The smallest absolute Gasteiger partial charge is 0.123 e. The lowest BCUT2D eigenvalue weighted by molar-refractivity contribution is 0.113. The Morgan fingerprint density at radius 3 is 2.94 bits per heavy atom. The zero-order valence-corrected chi connectivity index (χ0v) is 11.0. The lowest BCUT2D eigenvalue weighted by atomic mass is 10.1. The molecule has 4 heteroatoms. The van der Waals surface area contributed by atoms with Crippen molar-refractivity contribution in [3.8, 4) is 5.75 Å². The molecule has 2 rings (SSSR count). The summed E-state index contributed by atoms with van der Waals surface area (Å²) in [5.74, 6) is 1.03. The van der Waals surface area contributed by atoms with Crippen molar-refractivity contribution in [2.75, 3.05) is 39.9 Å². The van der Waals surface area contributed by atoms with Crippen molar-refractivity contribution >= 4 is 0 Å². The second-order valence-electron chi connectivity index (χ2n) is 4.63. The van der Waals surface area contributed by atoms with Crippen LogP contribution < -0.4 is 10.5 Å². The number of hydrogen-bond acceptors (Lipinski definition) is 4. The van der Waals surface area contributed by atoms with Crippen LogP contribution in [-0.2, 0) is 11.2 Å². The Kier molecular flexibility index (Phi) is 4.99. The first-order valence-corrected chi connectivity index (χ1v) is 6.49. The van der Waals surface area contributed by atoms with Crippen LogP contribution in [0.1, 0.15) is 5.56 Å². The highest BCUT2D eigenvalue weighted by atomic mass is 16.5. The predicted molar refractivity (Wildman–Crippen MR) is 71.9 cm³/mol. The Bertz CT molecular complexity index is 346. The fourth-order valence-electron chi connectivity index (χ4n) is 2.34. The van der Waals surface area contributed by atoms with Crippen LogP contribution in [0.3, 0.4) is 0 Å². The molecule has 1 aromatic carbocycles. The van der Waals surface area contributed by atoms with E-state index in [1.807, 2.05) is 12.1 Å². The van der Waals surface area contributed by atoms with Gasteiger partial charge in [0.2, 0.25) is 0 Å². The standard InChI is InChI=1S/C14H22N2O2/c1-17-9-8-16(7-6-15)11-13-10-12-4-2-3-5-14(12)18-13/h2-5,13H,6-11,15H2,1H3. The summed E-state index contributed by atoms with van der Waals surface area (Å²) in [7, 11) is 1.72. The number of benzene rings is 1. The molecule has 0 fully saturated rings. The van der Waals surface area contributed by atoms with Gasteiger partial charge < -0.3 is 15.2 Å². The molecule has 4 nitrogen and oxygen atoms in total. The van der Waals surface area contributed by atoms with E-state index in [2.05, 4.69) is 17.0 Å². The molecular weight excluding hydrogens is 228 g/mol. The van der Waals surface area contributed by atoms with E-state index in [1.54, 1.807) is 7.11 Å². The summed E-state index contributed by atoms with van der Waals surface area (Å²) < 4.78 is 11.1. The average molecular weight is 250 g/mol. The minimum Gasteiger partial charge on any atom is -0.488 e. The lowest BCUT2D eigenvalue weighted by Gasteiger charge is -2.24. The third-order valence-corrected chi connectivity index (χ3v) is 3.23. The molecule has 1 unspecified atom stereocenters. The van der Waals surface area contributed by atoms with Crippen LogP contribution in [-0.4, -0.2) is 50.9 Å². The largest absolute Gasteiger partial charge is 0.488 e. The van der Waals surface area contributed by atoms with Gasteiger partial charge in [0.05, 0.1) is 6.61 Å². The molecule has 2 N–H and O–H groups in total. The molecule has 0 spiro atoms. The summed E-state index contributed by atoms with van der Waals surface area (Å²) in [5.41, 5.74) is 6.94. The van der Waals surface area contributed by atoms with E-state index in [1.165, 1.54) is 5.56 Å². The average Bonchev–Trinajstić information content (AvgIpc) is 2.78. The predicted octanol–water partition coefficient (Wildman–Crippen LogP) is 0.897. The number of para-hydroxylation sites is 1. The van der Waals surface area contributed by atoms with E-state index in [9.17, 15) is 0 Å². The summed E-state index contributed by atoms with van der Waals surface area (Å²) in [5, 5.41) is 0. The van der Waals surface area contributed by atoms with Gasteiger partial charge in [0.15, 0.2) is 0 Å². The number of fused-ring (bicyclic) bond motifs is 1. The molecule has 0 radical (unpaired) electrons. The van der Waals surface area contributed by atoms with Crippen molar-refractivity contribution in [2.45, 2.75) is 12.5 Å². The van der Waals surface area contributed by atoms with Gasteiger partial charge in [0.25, 0.3) is 0 Å². The Morgan fingerprint density at radius 1 is 1.39 bits per heavy atom. The minimum absolute atomic E-state index is 0.241. The van der Waals surface area contributed by atoms with Crippen LogP contribution in [0.25, 0.3) is 0 Å². The molecule has 0 saturated carbocycles. The Hall–Kier alpha value is -1.10. The Morgan fingerprint density at radius 2 is 2.22 bits per heavy atom. The second-order valence-corrected chi connectivity index (χ2v) is 4.63. The van der Waals surface area contributed by atoms with Crippen LogP contribution in [0.5, 0.6) is 5.75 Å². The molecule has 0 amide bonds. The van der Waals surface area contributed by atoms with Crippen LogP contribution in [0, 0.1) is 0 Å². The SMILES string of the molecule is COCCN(CCN)CC1Cc2ccccc2O1. The first-order valence-electron chi connectivity index (χ1n) is 6.49. The van der Waals surface area contributed by atoms with Crippen LogP contribution in [0.2, 0.25) is 0 Å². The molecule has 100 valence electrons. The summed E-state index contributed by atoms with van der Waals surface area (Å²) in [6, 6.07) is 8.26. The third kappa shape index (κ3) is 3.45. The minimum atomic E-state index is 0.241. The van der Waals surface area contributed by atoms with Crippen LogP contribution in [0.4, 0.5) is 0 Å². The second kappa shape index (κ2) is 6.73. The van der Waals surface area contributed by atoms with Gasteiger partial charge in [-0.15, -0.1) is 0 Å². The molecule has 1 heterocycles. The van der Waals surface area contributed by atoms with Gasteiger partial charge in [-0.05, 0) is 11.6 Å². The monoisotopic (exact) mass is 250 g/mol. The fourth-order valence-corrected chi connectivity index (χ4v) is 2.34. The van der Waals surface area contributed by atoms with E-state index >= 15 is 0 Å². The maximum atomic E-state index is 5.94. The van der Waals surface area contributed by atoms with Gasteiger partial charge in [-0.3, -0.25) is 4.90 Å². The number of nitrogens with zero attached hydrogens (tertiary/aromatic N) is 1. The number of ether oxygens (including phenoxy) is 2. The van der Waals surface area contributed by atoms with Gasteiger partial charge in [0, 0.05) is 39.7 Å². The molecule has 0 bridgehead atoms. The Balaban J connectivity index is 1.86. The number of rotatable bonds is 7. The molecule has 0 aliphatic carbocycles. The molecule has 1 aliphatic heterocycles. The van der Waals surface area contributed by atoms with E-state index in [0.717, 1.165) is 38.4 Å². The topological polar surface area (TPSA) is 47.7 Å². The molecule has 1 aromatic rings. The number of methoxy groups -OCH3 is 1. The van der Waals surface area contributed by atoms with Gasteiger partial charge in [-0.1, -0.05) is 18.2 Å². The number of hydrogen-bond donors (Lipinski definition) is 1. The van der Waals surface area contributed by atoms with E-state index in [4.69, 9.17) is 15.2 Å². The first-order chi connectivity index (χ1) is 8.83. The van der Waals surface area contributed by atoms with Crippen molar-refractivity contribution in [1.82, 2.24) is 4.90 Å². The lowest BCUT2D eigenvalue weighted by Crippen LogP contribution is -2.39. The van der Waals surface area contributed by atoms with Crippen molar-refractivity contribution in [2.24, 2.45) is 5.73 Å². The molecule has 0 saturated heterocycles. The van der Waals surface area contributed by atoms with Crippen LogP contribution in [0.15, 0.2) is 24.3 Å². The fraction of sp³-hybridized carbons (Fsp3) is 0.571. The zero-order chi connectivity index (χ0) is 12.8. The number of nitrogens with two attached hydrogens (primary N) is 1. The van der Waals surface area contributed by atoms with Crippen molar-refractivity contribution in [3.63, 3.8) is 0 Å². The highest BCUT2D eigenvalue weighted by Crippen LogP contribution is 2.28. The summed E-state index contributed by atoms with van der Waals surface area (Å²) in [6.07, 6.45) is 1.23. The molecule has 1 aliphatic rings. The maximum Gasteiger partial charge on any atom is 0.123 e. The summed E-state index contributed by atoms with van der Waals surface area (Å²) in [6.45, 7) is 4.11. The van der Waals surface area contributed by atoms with E-state index < -0.39 is 0 Å². The third-order valence-electron chi connectivity index (χ3n) is 3.23. The van der Waals surface area contributed by atoms with Gasteiger partial charge in [0.1, 0.15) is 11.9 Å². The van der Waals surface area contributed by atoms with Gasteiger partial charge >= 0.3 is 0 Å². The zero-order valence-electron chi connectivity index (χ0n) is 11.0. The van der Waals surface area contributed by atoms with Crippen LogP contribution >= 0.6 is 0 Å². The van der Waals surface area contributed by atoms with Gasteiger partial charge in [-0.25, -0.2) is 0 Å². The van der Waals surface area contributed by atoms with Crippen molar-refractivity contribution in [1.29, 1.82) is 0 Å².